The number of carbonyl (C=O) groups excluding carboxylic acids is 2. The molecule has 0 radical (unpaired) electrons. The third kappa shape index (κ3) is 45.4. The van der Waals surface area contributed by atoms with Crippen LogP contribution in [0.25, 0.3) is 0 Å². The normalized spacial score (nSPS) is 11.4. The predicted octanol–water partition coefficient (Wildman–Crippen LogP) is 14.9. The maximum Gasteiger partial charge on any atom is 0.306 e. The first kappa shape index (κ1) is 56.0. The Bertz CT molecular complexity index is 702. The van der Waals surface area contributed by atoms with Gasteiger partial charge >= 0.3 is 5.97 Å². The highest BCUT2D eigenvalue weighted by Gasteiger charge is 2.15. The minimum atomic E-state index is 0.0127. The number of esters is 1. The zero-order valence-corrected chi connectivity index (χ0v) is 38.0. The summed E-state index contributed by atoms with van der Waals surface area (Å²) >= 11 is 0. The van der Waals surface area contributed by atoms with Crippen LogP contribution in [0.1, 0.15) is 266 Å². The molecule has 1 N–H and O–H groups in total. The first-order chi connectivity index (χ1) is 27.0. The van der Waals surface area contributed by atoms with Crippen LogP contribution in [-0.4, -0.2) is 60.9 Å². The van der Waals surface area contributed by atoms with E-state index in [2.05, 4.69) is 39.5 Å². The van der Waals surface area contributed by atoms with Gasteiger partial charge in [0, 0.05) is 13.0 Å². The minimum absolute atomic E-state index is 0.0127. The van der Waals surface area contributed by atoms with Gasteiger partial charge in [-0.1, -0.05) is 189 Å². The van der Waals surface area contributed by atoms with E-state index in [0.29, 0.717) is 12.9 Å². The first-order valence-corrected chi connectivity index (χ1v) is 24.6. The molecule has 55 heavy (non-hydrogen) atoms. The molecular weight excluding hydrogens is 683 g/mol. The molecule has 330 valence electrons. The number of unbranched alkanes of at least 4 members (excludes halogenated alkanes) is 25. The quantitative estimate of drug-likeness (QED) is 0.0377. The van der Waals surface area contributed by atoms with Gasteiger partial charge in [0.25, 0.3) is 6.47 Å². The van der Waals surface area contributed by atoms with Crippen LogP contribution in [0.4, 0.5) is 0 Å². The average molecular weight is 782 g/mol. The van der Waals surface area contributed by atoms with E-state index in [1.54, 1.807) is 0 Å². The summed E-state index contributed by atoms with van der Waals surface area (Å²) < 4.78 is 11.2. The zero-order chi connectivity index (χ0) is 40.7. The van der Waals surface area contributed by atoms with Gasteiger partial charge in [0.05, 0.1) is 6.61 Å². The lowest BCUT2D eigenvalue weighted by Crippen LogP contribution is -2.29. The van der Waals surface area contributed by atoms with Crippen LogP contribution in [-0.2, 0) is 19.1 Å². The molecule has 0 fully saturated rings. The average Bonchev–Trinajstić information content (AvgIpc) is 3.18. The summed E-state index contributed by atoms with van der Waals surface area (Å²) in [4.78, 5) is 25.5. The molecule has 6 nitrogen and oxygen atoms in total. The molecule has 0 unspecified atom stereocenters. The van der Waals surface area contributed by atoms with Gasteiger partial charge in [-0.2, -0.15) is 0 Å². The molecule has 0 aromatic rings. The largest absolute Gasteiger partial charge is 0.465 e. The van der Waals surface area contributed by atoms with E-state index in [1.807, 2.05) is 0 Å². The van der Waals surface area contributed by atoms with Crippen molar-refractivity contribution in [1.29, 1.82) is 0 Å². The number of aliphatic hydroxyl groups is 1. The Morgan fingerprint density at radius 3 is 1.15 bits per heavy atom. The fourth-order valence-corrected chi connectivity index (χ4v) is 7.50. The van der Waals surface area contributed by atoms with Crippen molar-refractivity contribution in [2.24, 2.45) is 0 Å². The Labute approximate surface area is 344 Å². The topological polar surface area (TPSA) is 76.1 Å². The van der Waals surface area contributed by atoms with Crippen LogP contribution in [0, 0.1) is 0 Å². The van der Waals surface area contributed by atoms with Gasteiger partial charge in [0.15, 0.2) is 0 Å². The van der Waals surface area contributed by atoms with Gasteiger partial charge in [-0.3, -0.25) is 9.59 Å². The summed E-state index contributed by atoms with van der Waals surface area (Å²) in [6, 6.07) is 0. The van der Waals surface area contributed by atoms with Crippen LogP contribution in [0.3, 0.4) is 0 Å². The van der Waals surface area contributed by atoms with Crippen LogP contribution >= 0.6 is 0 Å². The summed E-state index contributed by atoms with van der Waals surface area (Å²) in [6.45, 7) is 15.0. The second-order valence-electron chi connectivity index (χ2n) is 16.6. The molecular formula is C49H99NO5. The zero-order valence-electron chi connectivity index (χ0n) is 38.0. The number of hydrogen-bond acceptors (Lipinski definition) is 6. The van der Waals surface area contributed by atoms with Crippen molar-refractivity contribution < 1.29 is 24.2 Å². The van der Waals surface area contributed by atoms with Crippen molar-refractivity contribution in [1.82, 2.24) is 4.90 Å². The first-order valence-electron chi connectivity index (χ1n) is 24.6. The van der Waals surface area contributed by atoms with Crippen molar-refractivity contribution >= 4 is 12.4 Å². The molecule has 0 bridgehead atoms. The van der Waals surface area contributed by atoms with E-state index < -0.39 is 0 Å². The molecule has 0 amide bonds. The molecule has 0 aliphatic rings. The Balaban J connectivity index is 0. The van der Waals surface area contributed by atoms with Crippen molar-refractivity contribution in [3.05, 3.63) is 0 Å². The van der Waals surface area contributed by atoms with Gasteiger partial charge in [-0.25, -0.2) is 0 Å². The second-order valence-corrected chi connectivity index (χ2v) is 16.6. The summed E-state index contributed by atoms with van der Waals surface area (Å²) in [5.74, 6) is 0.0127. The van der Waals surface area contributed by atoms with E-state index in [4.69, 9.17) is 9.47 Å². The molecule has 0 aromatic heterocycles. The number of carbonyl (C=O) groups is 2. The molecule has 6 heteroatoms. The summed E-state index contributed by atoms with van der Waals surface area (Å²) in [6.07, 6.45) is 44.3. The lowest BCUT2D eigenvalue weighted by Gasteiger charge is -2.21. The van der Waals surface area contributed by atoms with Gasteiger partial charge in [-0.05, 0) is 83.7 Å². The lowest BCUT2D eigenvalue weighted by atomic mass is 10.0. The highest BCUT2D eigenvalue weighted by Crippen LogP contribution is 2.19. The third-order valence-corrected chi connectivity index (χ3v) is 11.2. The van der Waals surface area contributed by atoms with Crippen molar-refractivity contribution in [3.63, 3.8) is 0 Å². The molecule has 0 rings (SSSR count). The number of rotatable bonds is 44. The van der Waals surface area contributed by atoms with Gasteiger partial charge < -0.3 is 19.5 Å². The standard InChI is InChI=1S/C31H63NO3.C18H36O2/c1-4-7-10-13-15-18-23-30(24-19-16-14-11-8-5-2)35-31(34)25-20-17-22-27-32(28-29-33)26-21-12-9-6-3;1-3-5-7-9-11-13-15-18(20-17-19)16-14-12-10-8-6-4-2/h30,33H,4-29H2,1-3H3;17-18H,3-16H2,1-2H3. The van der Waals surface area contributed by atoms with E-state index in [0.717, 1.165) is 64.6 Å². The Hall–Kier alpha value is -1.14. The van der Waals surface area contributed by atoms with Gasteiger partial charge in [0.1, 0.15) is 12.2 Å². The molecule has 0 aromatic carbocycles. The van der Waals surface area contributed by atoms with Gasteiger partial charge in [0.2, 0.25) is 0 Å². The fourth-order valence-electron chi connectivity index (χ4n) is 7.50. The van der Waals surface area contributed by atoms with Crippen molar-refractivity contribution in [3.8, 4) is 0 Å². The molecule has 0 aliphatic heterocycles. The maximum atomic E-state index is 12.5. The number of hydrogen-bond donors (Lipinski definition) is 1. The van der Waals surface area contributed by atoms with Crippen molar-refractivity contribution in [2.45, 2.75) is 278 Å². The highest BCUT2D eigenvalue weighted by molar-refractivity contribution is 5.69. The summed E-state index contributed by atoms with van der Waals surface area (Å²) in [5, 5.41) is 9.33. The Morgan fingerprint density at radius 2 is 0.782 bits per heavy atom. The molecule has 0 spiro atoms. The number of ether oxygens (including phenoxy) is 2. The van der Waals surface area contributed by atoms with E-state index in [1.165, 1.54) is 180 Å². The second kappa shape index (κ2) is 49.0. The Kier molecular flexibility index (Phi) is 49.9. The van der Waals surface area contributed by atoms with Crippen molar-refractivity contribution in [2.75, 3.05) is 26.2 Å². The smallest absolute Gasteiger partial charge is 0.306 e. The van der Waals surface area contributed by atoms with E-state index >= 15 is 0 Å². The van der Waals surface area contributed by atoms with Gasteiger partial charge in [-0.15, -0.1) is 0 Å². The highest BCUT2D eigenvalue weighted by atomic mass is 16.5. The van der Waals surface area contributed by atoms with Crippen LogP contribution in [0.15, 0.2) is 0 Å². The van der Waals surface area contributed by atoms with Crippen LogP contribution in [0.5, 0.6) is 0 Å². The maximum absolute atomic E-state index is 12.5. The molecule has 0 atom stereocenters. The number of nitrogens with zero attached hydrogens (tertiary/aromatic N) is 1. The monoisotopic (exact) mass is 782 g/mol. The molecule has 0 saturated heterocycles. The number of aliphatic hydroxyl groups excluding tert-OH is 1. The summed E-state index contributed by atoms with van der Waals surface area (Å²) in [7, 11) is 0. The van der Waals surface area contributed by atoms with E-state index in [9.17, 15) is 14.7 Å². The van der Waals surface area contributed by atoms with E-state index in [-0.39, 0.29) is 24.8 Å². The minimum Gasteiger partial charge on any atom is -0.465 e. The predicted molar refractivity (Wildman–Crippen MR) is 239 cm³/mol. The molecule has 0 aliphatic carbocycles. The SMILES string of the molecule is CCCCCCCCC(CCCCCCCC)OC(=O)CCCCCN(CCO)CCCCCC.CCCCCCCCC(CCCCCCCC)OC=O. The fraction of sp³-hybridized carbons (Fsp3) is 0.959. The third-order valence-electron chi connectivity index (χ3n) is 11.2. The van der Waals surface area contributed by atoms with Crippen LogP contribution < -0.4 is 0 Å². The van der Waals surface area contributed by atoms with Crippen LogP contribution in [0.2, 0.25) is 0 Å². The lowest BCUT2D eigenvalue weighted by molar-refractivity contribution is -0.150. The molecule has 0 saturated carbocycles. The molecule has 0 heterocycles. The summed E-state index contributed by atoms with van der Waals surface area (Å²) in [5.41, 5.74) is 0. The Morgan fingerprint density at radius 1 is 0.455 bits per heavy atom.